The van der Waals surface area contributed by atoms with E-state index in [2.05, 4.69) is 0 Å². The van der Waals surface area contributed by atoms with Crippen molar-refractivity contribution >= 4 is 46.4 Å². The fraction of sp³-hybridized carbons (Fsp3) is 0.200. The lowest BCUT2D eigenvalue weighted by Crippen LogP contribution is -2.04. The lowest BCUT2D eigenvalue weighted by atomic mass is 10.0. The molecule has 2 aromatic carbocycles. The Labute approximate surface area is 182 Å². The second kappa shape index (κ2) is 8.34. The van der Waals surface area contributed by atoms with Crippen molar-refractivity contribution in [3.63, 3.8) is 0 Å². The maximum Gasteiger partial charge on any atom is 0.152 e. The maximum absolute atomic E-state index is 9.83. The fourth-order valence-corrected chi connectivity index (χ4v) is 3.84. The van der Waals surface area contributed by atoms with Gasteiger partial charge in [-0.05, 0) is 37.1 Å². The zero-order valence-corrected chi connectivity index (χ0v) is 18.0. The van der Waals surface area contributed by atoms with Crippen LogP contribution in [0.2, 0.25) is 20.1 Å². The molecule has 3 aromatic rings. The second-order valence-corrected chi connectivity index (χ2v) is 7.73. The molecule has 0 unspecified atom stereocenters. The lowest BCUT2D eigenvalue weighted by molar-refractivity contribution is 0.475. The maximum atomic E-state index is 9.83. The monoisotopic (exact) mass is 456 g/mol. The Morgan fingerprint density at radius 3 is 1.18 bits per heavy atom. The zero-order valence-electron chi connectivity index (χ0n) is 15.0. The van der Waals surface area contributed by atoms with Gasteiger partial charge in [-0.1, -0.05) is 60.3 Å². The number of halogens is 4. The summed E-state index contributed by atoms with van der Waals surface area (Å²) in [5.41, 5.74) is 4.07. The van der Waals surface area contributed by atoms with Crippen LogP contribution < -0.4 is 0 Å². The van der Waals surface area contributed by atoms with Gasteiger partial charge in [0.25, 0.3) is 0 Å². The van der Waals surface area contributed by atoms with E-state index in [0.29, 0.717) is 35.4 Å². The summed E-state index contributed by atoms with van der Waals surface area (Å²) in [4.78, 5) is 9.58. The Balaban J connectivity index is 2.24. The third kappa shape index (κ3) is 3.87. The standard InChI is InChI=1S/C20H16Cl4N2O2/c1-3-15-17(9-5-11(21)19(27)12(22)6-9)26-16(4-2)18(25-15)10-7-13(23)20(28)14(24)8-10/h5-8,27-28H,3-4H2,1-2H3. The summed E-state index contributed by atoms with van der Waals surface area (Å²) in [5, 5.41) is 20.2. The van der Waals surface area contributed by atoms with Gasteiger partial charge in [0.2, 0.25) is 0 Å². The van der Waals surface area contributed by atoms with Crippen LogP contribution in [0.25, 0.3) is 22.5 Å². The van der Waals surface area contributed by atoms with Gasteiger partial charge < -0.3 is 10.2 Å². The molecule has 146 valence electrons. The van der Waals surface area contributed by atoms with Crippen LogP contribution in [0, 0.1) is 0 Å². The summed E-state index contributed by atoms with van der Waals surface area (Å²) in [6.45, 7) is 3.92. The summed E-state index contributed by atoms with van der Waals surface area (Å²) >= 11 is 24.3. The fourth-order valence-electron chi connectivity index (χ4n) is 2.86. The normalized spacial score (nSPS) is 11.1. The van der Waals surface area contributed by atoms with E-state index in [4.69, 9.17) is 56.4 Å². The quantitative estimate of drug-likeness (QED) is 0.444. The first-order valence-corrected chi connectivity index (χ1v) is 10.0. The number of aromatic nitrogens is 2. The number of rotatable bonds is 4. The number of nitrogens with zero attached hydrogens (tertiary/aromatic N) is 2. The third-order valence-electron chi connectivity index (χ3n) is 4.29. The van der Waals surface area contributed by atoms with E-state index in [1.165, 1.54) is 0 Å². The average Bonchev–Trinajstić information content (AvgIpc) is 2.68. The largest absolute Gasteiger partial charge is 0.505 e. The molecule has 0 saturated carbocycles. The number of aryl methyl sites for hydroxylation is 2. The van der Waals surface area contributed by atoms with Crippen LogP contribution in [0.1, 0.15) is 25.2 Å². The van der Waals surface area contributed by atoms with Crippen molar-refractivity contribution in [1.29, 1.82) is 0 Å². The molecule has 0 aliphatic heterocycles. The number of benzene rings is 2. The van der Waals surface area contributed by atoms with Crippen molar-refractivity contribution in [2.45, 2.75) is 26.7 Å². The first-order chi connectivity index (χ1) is 13.3. The van der Waals surface area contributed by atoms with Crippen molar-refractivity contribution in [2.75, 3.05) is 0 Å². The van der Waals surface area contributed by atoms with E-state index in [1.807, 2.05) is 13.8 Å². The highest BCUT2D eigenvalue weighted by molar-refractivity contribution is 6.38. The Kier molecular flexibility index (Phi) is 6.25. The molecule has 0 amide bonds. The first kappa shape index (κ1) is 21.0. The SMILES string of the molecule is CCc1nc(-c2cc(Cl)c(O)c(Cl)c2)c(CC)nc1-c1cc(Cl)c(O)c(Cl)c1. The van der Waals surface area contributed by atoms with Gasteiger partial charge in [0, 0.05) is 11.1 Å². The van der Waals surface area contributed by atoms with E-state index < -0.39 is 0 Å². The molecule has 1 heterocycles. The van der Waals surface area contributed by atoms with Crippen LogP contribution in [-0.4, -0.2) is 20.2 Å². The zero-order chi connectivity index (χ0) is 20.6. The molecule has 3 rings (SSSR count). The Bertz CT molecular complexity index is 939. The minimum atomic E-state index is -0.168. The van der Waals surface area contributed by atoms with Crippen molar-refractivity contribution in [3.05, 3.63) is 55.7 Å². The van der Waals surface area contributed by atoms with Crippen molar-refractivity contribution in [1.82, 2.24) is 9.97 Å². The molecule has 0 fully saturated rings. The molecule has 0 radical (unpaired) electrons. The number of hydrogen-bond donors (Lipinski definition) is 2. The van der Waals surface area contributed by atoms with E-state index in [9.17, 15) is 10.2 Å². The van der Waals surface area contributed by atoms with Gasteiger partial charge in [-0.15, -0.1) is 0 Å². The predicted molar refractivity (Wildman–Crippen MR) is 115 cm³/mol. The summed E-state index contributed by atoms with van der Waals surface area (Å²) in [6, 6.07) is 6.44. The van der Waals surface area contributed by atoms with Crippen LogP contribution in [0.3, 0.4) is 0 Å². The molecule has 0 saturated heterocycles. The molecule has 0 spiro atoms. The Morgan fingerprint density at radius 1 is 0.643 bits per heavy atom. The second-order valence-electron chi connectivity index (χ2n) is 6.10. The highest BCUT2D eigenvalue weighted by atomic mass is 35.5. The average molecular weight is 458 g/mol. The van der Waals surface area contributed by atoms with Crippen LogP contribution >= 0.6 is 46.4 Å². The van der Waals surface area contributed by atoms with Gasteiger partial charge in [-0.2, -0.15) is 0 Å². The van der Waals surface area contributed by atoms with Crippen molar-refractivity contribution in [3.8, 4) is 34.0 Å². The van der Waals surface area contributed by atoms with Gasteiger partial charge in [-0.25, -0.2) is 9.97 Å². The van der Waals surface area contributed by atoms with Crippen LogP contribution in [-0.2, 0) is 12.8 Å². The third-order valence-corrected chi connectivity index (χ3v) is 5.44. The number of aromatic hydroxyl groups is 2. The molecular formula is C20H16Cl4N2O2. The van der Waals surface area contributed by atoms with Crippen LogP contribution in [0.4, 0.5) is 0 Å². The number of phenolic OH excluding ortho intramolecular Hbond substituents is 2. The smallest absolute Gasteiger partial charge is 0.152 e. The van der Waals surface area contributed by atoms with E-state index in [1.54, 1.807) is 24.3 Å². The Hall–Kier alpha value is -1.72. The van der Waals surface area contributed by atoms with E-state index in [0.717, 1.165) is 11.4 Å². The summed E-state index contributed by atoms with van der Waals surface area (Å²) < 4.78 is 0. The molecule has 8 heteroatoms. The van der Waals surface area contributed by atoms with E-state index >= 15 is 0 Å². The molecule has 0 atom stereocenters. The van der Waals surface area contributed by atoms with Gasteiger partial charge >= 0.3 is 0 Å². The minimum absolute atomic E-state index is 0.144. The minimum Gasteiger partial charge on any atom is -0.505 e. The molecule has 4 nitrogen and oxygen atoms in total. The highest BCUT2D eigenvalue weighted by Gasteiger charge is 2.18. The van der Waals surface area contributed by atoms with Gasteiger partial charge in [0.1, 0.15) is 0 Å². The van der Waals surface area contributed by atoms with Gasteiger partial charge in [0.05, 0.1) is 42.9 Å². The number of phenols is 2. The molecule has 0 bridgehead atoms. The Morgan fingerprint density at radius 2 is 0.929 bits per heavy atom. The molecule has 0 aliphatic rings. The number of hydrogen-bond acceptors (Lipinski definition) is 4. The summed E-state index contributed by atoms with van der Waals surface area (Å²) in [7, 11) is 0. The molecule has 1 aromatic heterocycles. The topological polar surface area (TPSA) is 66.2 Å². The highest BCUT2D eigenvalue weighted by Crippen LogP contribution is 2.39. The molecule has 0 aliphatic carbocycles. The first-order valence-electron chi connectivity index (χ1n) is 8.53. The van der Waals surface area contributed by atoms with Gasteiger partial charge in [0.15, 0.2) is 11.5 Å². The molecular weight excluding hydrogens is 442 g/mol. The van der Waals surface area contributed by atoms with Crippen LogP contribution in [0.15, 0.2) is 24.3 Å². The predicted octanol–water partition coefficient (Wildman–Crippen LogP) is 6.96. The lowest BCUT2D eigenvalue weighted by Gasteiger charge is -2.15. The molecule has 28 heavy (non-hydrogen) atoms. The molecule has 2 N–H and O–H groups in total. The van der Waals surface area contributed by atoms with Gasteiger partial charge in [-0.3, -0.25) is 0 Å². The summed E-state index contributed by atoms with van der Waals surface area (Å²) in [5.74, 6) is -0.336. The van der Waals surface area contributed by atoms with Crippen molar-refractivity contribution < 1.29 is 10.2 Å². The van der Waals surface area contributed by atoms with Crippen LogP contribution in [0.5, 0.6) is 11.5 Å². The van der Waals surface area contributed by atoms with Crippen molar-refractivity contribution in [2.24, 2.45) is 0 Å². The van der Waals surface area contributed by atoms with E-state index in [-0.39, 0.29) is 31.6 Å². The summed E-state index contributed by atoms with van der Waals surface area (Å²) in [6.07, 6.45) is 1.21.